The highest BCUT2D eigenvalue weighted by molar-refractivity contribution is 6.14. The van der Waals surface area contributed by atoms with Gasteiger partial charge >= 0.3 is 0 Å². The van der Waals surface area contributed by atoms with Gasteiger partial charge in [0.15, 0.2) is 11.6 Å². The van der Waals surface area contributed by atoms with Crippen LogP contribution in [-0.4, -0.2) is 15.0 Å². The maximum atomic E-state index is 7.01. The molecule has 13 rings (SSSR count). The van der Waals surface area contributed by atoms with Crippen LogP contribution in [0.15, 0.2) is 195 Å². The third-order valence-corrected chi connectivity index (χ3v) is 12.8. The van der Waals surface area contributed by atoms with Gasteiger partial charge in [-0.3, -0.25) is 0 Å². The molecule has 7 aromatic carbocycles. The lowest BCUT2D eigenvalue weighted by Gasteiger charge is -2.20. The Labute approximate surface area is 362 Å². The van der Waals surface area contributed by atoms with Crippen molar-refractivity contribution >= 4 is 60.9 Å². The number of furan rings is 3. The summed E-state index contributed by atoms with van der Waals surface area (Å²) in [5.74, 6) is 3.07. The van der Waals surface area contributed by atoms with E-state index in [0.29, 0.717) is 11.6 Å². The maximum Gasteiger partial charge on any atom is 0.163 e. The molecule has 0 amide bonds. The lowest BCUT2D eigenvalue weighted by Crippen LogP contribution is -2.08. The Morgan fingerprint density at radius 1 is 0.460 bits per heavy atom. The van der Waals surface area contributed by atoms with Crippen LogP contribution >= 0.6 is 0 Å². The van der Waals surface area contributed by atoms with Crippen molar-refractivity contribution in [2.75, 3.05) is 0 Å². The summed E-state index contributed by atoms with van der Waals surface area (Å²) in [6.07, 6.45) is 14.5. The van der Waals surface area contributed by atoms with Crippen molar-refractivity contribution in [3.8, 4) is 45.0 Å². The second kappa shape index (κ2) is 14.3. The third-order valence-electron chi connectivity index (χ3n) is 12.8. The molecule has 4 heterocycles. The Morgan fingerprint density at radius 2 is 1.21 bits per heavy atom. The van der Waals surface area contributed by atoms with E-state index in [2.05, 4.69) is 146 Å². The van der Waals surface area contributed by atoms with Gasteiger partial charge in [-0.2, -0.15) is 0 Å². The summed E-state index contributed by atoms with van der Waals surface area (Å²) in [7, 11) is 0. The van der Waals surface area contributed by atoms with E-state index in [9.17, 15) is 0 Å². The van der Waals surface area contributed by atoms with Crippen LogP contribution < -0.4 is 0 Å². The van der Waals surface area contributed by atoms with E-state index in [0.717, 1.165) is 113 Å². The summed E-state index contributed by atoms with van der Waals surface area (Å²) in [5, 5.41) is 5.46. The molecule has 6 heteroatoms. The number of para-hydroxylation sites is 2. The molecule has 0 saturated heterocycles. The van der Waals surface area contributed by atoms with Crippen molar-refractivity contribution in [3.05, 3.63) is 205 Å². The van der Waals surface area contributed by atoms with Gasteiger partial charge in [0, 0.05) is 61.0 Å². The lowest BCUT2D eigenvalue weighted by atomic mass is 9.82. The van der Waals surface area contributed by atoms with Crippen molar-refractivity contribution in [2.45, 2.75) is 24.7 Å². The first-order valence-corrected chi connectivity index (χ1v) is 21.5. The average Bonchev–Trinajstić information content (AvgIpc) is 4.05. The number of hydrogen-bond acceptors (Lipinski definition) is 6. The maximum absolute atomic E-state index is 7.01. The van der Waals surface area contributed by atoms with Crippen molar-refractivity contribution in [1.82, 2.24) is 15.0 Å². The predicted octanol–water partition coefficient (Wildman–Crippen LogP) is 15.2. The Hall–Kier alpha value is -8.09. The first kappa shape index (κ1) is 35.6. The van der Waals surface area contributed by atoms with E-state index < -0.39 is 0 Å². The van der Waals surface area contributed by atoms with Crippen LogP contribution in [-0.2, 0) is 0 Å². The summed E-state index contributed by atoms with van der Waals surface area (Å²) in [6, 6.07) is 52.9. The van der Waals surface area contributed by atoms with Gasteiger partial charge < -0.3 is 13.3 Å². The molecule has 2 aliphatic rings. The molecule has 63 heavy (non-hydrogen) atoms. The second-order valence-corrected chi connectivity index (χ2v) is 16.5. The Kier molecular flexibility index (Phi) is 8.06. The van der Waals surface area contributed by atoms with Crippen molar-refractivity contribution in [2.24, 2.45) is 0 Å². The predicted molar refractivity (Wildman–Crippen MR) is 253 cm³/mol. The normalized spacial score (nSPS) is 15.9. The quantitative estimate of drug-likeness (QED) is 0.166. The van der Waals surface area contributed by atoms with E-state index in [1.807, 2.05) is 42.5 Å². The molecular formula is C57H37N3O3. The van der Waals surface area contributed by atoms with Crippen molar-refractivity contribution in [3.63, 3.8) is 0 Å². The van der Waals surface area contributed by atoms with Crippen molar-refractivity contribution < 1.29 is 13.3 Å². The molecular weight excluding hydrogens is 775 g/mol. The third kappa shape index (κ3) is 5.90. The molecule has 4 aromatic heterocycles. The molecule has 0 aliphatic heterocycles. The van der Waals surface area contributed by atoms with Crippen LogP contribution in [0.1, 0.15) is 47.4 Å². The van der Waals surface area contributed by atoms with Crippen LogP contribution in [0.3, 0.4) is 0 Å². The average molecular weight is 812 g/mol. The fourth-order valence-electron chi connectivity index (χ4n) is 9.80. The van der Waals surface area contributed by atoms with Gasteiger partial charge in [0.2, 0.25) is 0 Å². The van der Waals surface area contributed by atoms with Crippen LogP contribution in [0.2, 0.25) is 0 Å². The molecule has 11 aromatic rings. The van der Waals surface area contributed by atoms with Crippen LogP contribution in [0, 0.1) is 0 Å². The summed E-state index contributed by atoms with van der Waals surface area (Å²) >= 11 is 0. The molecule has 6 nitrogen and oxygen atoms in total. The zero-order valence-electron chi connectivity index (χ0n) is 34.0. The minimum atomic E-state index is 0.0130. The van der Waals surface area contributed by atoms with Gasteiger partial charge in [-0.15, -0.1) is 0 Å². The zero-order chi connectivity index (χ0) is 41.4. The summed E-state index contributed by atoms with van der Waals surface area (Å²) in [6.45, 7) is 0. The fourth-order valence-corrected chi connectivity index (χ4v) is 9.80. The number of rotatable bonds is 6. The SMILES string of the molecule is C1=CCC(c2nc(-c3ccccc3)nc(-c3cccc(C4CC=Cc5oc6c(-c7ccc8c(c7)oc7ccccc78)cc(-c7cccc8oc9ccccc9c78)cc6c54)c3)n2)C=C1. The van der Waals surface area contributed by atoms with Gasteiger partial charge in [0.05, 0.1) is 0 Å². The molecule has 0 bridgehead atoms. The van der Waals surface area contributed by atoms with E-state index in [4.69, 9.17) is 28.2 Å². The first-order valence-electron chi connectivity index (χ1n) is 21.5. The summed E-state index contributed by atoms with van der Waals surface area (Å²) < 4.78 is 19.9. The van der Waals surface area contributed by atoms with Gasteiger partial charge in [-0.25, -0.2) is 15.0 Å². The highest BCUT2D eigenvalue weighted by atomic mass is 16.3. The van der Waals surface area contributed by atoms with E-state index in [1.54, 1.807) is 0 Å². The van der Waals surface area contributed by atoms with Gasteiger partial charge in [-0.1, -0.05) is 134 Å². The topological polar surface area (TPSA) is 78.1 Å². The Balaban J connectivity index is 1.00. The van der Waals surface area contributed by atoms with Gasteiger partial charge in [-0.05, 0) is 89.7 Å². The monoisotopic (exact) mass is 811 g/mol. The number of benzene rings is 7. The number of fused-ring (bicyclic) bond motifs is 9. The molecule has 2 unspecified atom stereocenters. The Morgan fingerprint density at radius 3 is 2.08 bits per heavy atom. The minimum Gasteiger partial charge on any atom is -0.456 e. The number of aromatic nitrogens is 3. The van der Waals surface area contributed by atoms with E-state index in [1.165, 1.54) is 11.1 Å². The molecule has 0 N–H and O–H groups in total. The number of hydrogen-bond donors (Lipinski definition) is 0. The Bertz CT molecular complexity index is 3710. The van der Waals surface area contributed by atoms with Gasteiger partial charge in [0.25, 0.3) is 0 Å². The molecule has 2 aliphatic carbocycles. The first-order chi connectivity index (χ1) is 31.2. The lowest BCUT2D eigenvalue weighted by molar-refractivity contribution is 0.590. The molecule has 0 spiro atoms. The van der Waals surface area contributed by atoms with Crippen molar-refractivity contribution in [1.29, 1.82) is 0 Å². The second-order valence-electron chi connectivity index (χ2n) is 16.5. The highest BCUT2D eigenvalue weighted by Crippen LogP contribution is 2.48. The van der Waals surface area contributed by atoms with Crippen LogP contribution in [0.25, 0.3) is 106 Å². The van der Waals surface area contributed by atoms with E-state index in [-0.39, 0.29) is 11.8 Å². The molecule has 0 saturated carbocycles. The molecule has 298 valence electrons. The minimum absolute atomic E-state index is 0.0130. The van der Waals surface area contributed by atoms with E-state index >= 15 is 0 Å². The standard InChI is InChI=1S/C57H37N3O3/c1-3-14-34(15-4-1)55-58-56(35-16-5-2-6-17-35)60-57(59-55)38-19-11-18-36(30-38)40-22-12-27-50-53(40)46-32-39(41-23-13-26-49-52(41)44-21-8-10-25-48(44)61-49)31-45(54(46)63-50)37-28-29-43-42-20-7-9-24-47(42)62-51(43)33-37/h1-16,18-21,23-33,35,40H,17,22H2. The summed E-state index contributed by atoms with van der Waals surface area (Å²) in [5.41, 5.74) is 12.8. The number of allylic oxidation sites excluding steroid dienone is 5. The fraction of sp³-hybridized carbons (Fsp3) is 0.0702. The van der Waals surface area contributed by atoms with Gasteiger partial charge in [0.1, 0.15) is 39.5 Å². The number of nitrogens with zero attached hydrogens (tertiary/aromatic N) is 3. The zero-order valence-corrected chi connectivity index (χ0v) is 34.0. The highest BCUT2D eigenvalue weighted by Gasteiger charge is 2.29. The molecule has 0 radical (unpaired) electrons. The summed E-state index contributed by atoms with van der Waals surface area (Å²) in [4.78, 5) is 15.2. The smallest absolute Gasteiger partial charge is 0.163 e. The molecule has 0 fully saturated rings. The largest absolute Gasteiger partial charge is 0.456 e. The molecule has 2 atom stereocenters. The van der Waals surface area contributed by atoms with Crippen LogP contribution in [0.5, 0.6) is 0 Å². The van der Waals surface area contributed by atoms with Crippen LogP contribution in [0.4, 0.5) is 0 Å².